The Balaban J connectivity index is 2.19. The van der Waals surface area contributed by atoms with Gasteiger partial charge in [0, 0.05) is 12.1 Å². The number of hydrogen-bond acceptors (Lipinski definition) is 3. The molecule has 5 heteroatoms. The minimum atomic E-state index is -0.302. The molecule has 4 nitrogen and oxygen atoms in total. The van der Waals surface area contributed by atoms with Crippen LogP contribution >= 0.6 is 0 Å². The molecule has 1 aliphatic heterocycles. The van der Waals surface area contributed by atoms with E-state index in [9.17, 15) is 4.39 Å². The van der Waals surface area contributed by atoms with Crippen molar-refractivity contribution in [2.45, 2.75) is 19.8 Å². The van der Waals surface area contributed by atoms with Crippen LogP contribution < -0.4 is 5.73 Å². The molecule has 0 spiro atoms. The van der Waals surface area contributed by atoms with Crippen LogP contribution in [0.25, 0.3) is 5.69 Å². The third kappa shape index (κ3) is 1.55. The van der Waals surface area contributed by atoms with Crippen molar-refractivity contribution in [1.29, 1.82) is 0 Å². The van der Waals surface area contributed by atoms with Crippen LogP contribution in [0.3, 0.4) is 0 Å². The first-order valence-corrected chi connectivity index (χ1v) is 5.43. The summed E-state index contributed by atoms with van der Waals surface area (Å²) in [5, 5.41) is 4.36. The van der Waals surface area contributed by atoms with E-state index in [1.807, 2.05) is 0 Å². The predicted octanol–water partition coefficient (Wildman–Crippen LogP) is 1.50. The standard InChI is InChI=1S/C12H12FN3O/c13-9-3-1-2-4-11(9)16-12(5-14)8-6-17-7-10(8)15-16/h1-4H,5-7,14H2. The van der Waals surface area contributed by atoms with Gasteiger partial charge in [-0.25, -0.2) is 9.07 Å². The van der Waals surface area contributed by atoms with E-state index in [-0.39, 0.29) is 5.82 Å². The molecule has 2 heterocycles. The number of para-hydroxylation sites is 1. The van der Waals surface area contributed by atoms with Crippen molar-refractivity contribution in [3.8, 4) is 5.69 Å². The van der Waals surface area contributed by atoms with E-state index >= 15 is 0 Å². The fourth-order valence-corrected chi connectivity index (χ4v) is 2.10. The number of nitrogens with zero attached hydrogens (tertiary/aromatic N) is 2. The van der Waals surface area contributed by atoms with Gasteiger partial charge in [0.25, 0.3) is 0 Å². The van der Waals surface area contributed by atoms with Gasteiger partial charge in [-0.3, -0.25) is 0 Å². The van der Waals surface area contributed by atoms with Crippen molar-refractivity contribution in [1.82, 2.24) is 9.78 Å². The van der Waals surface area contributed by atoms with Crippen molar-refractivity contribution in [2.24, 2.45) is 5.73 Å². The summed E-state index contributed by atoms with van der Waals surface area (Å²) in [6, 6.07) is 6.54. The Kier molecular flexibility index (Phi) is 2.42. The first kappa shape index (κ1) is 10.4. The van der Waals surface area contributed by atoms with Gasteiger partial charge in [-0.2, -0.15) is 5.10 Å². The molecule has 2 N–H and O–H groups in total. The molecular weight excluding hydrogens is 221 g/mol. The van der Waals surface area contributed by atoms with Gasteiger partial charge in [-0.15, -0.1) is 0 Å². The molecule has 1 aromatic carbocycles. The smallest absolute Gasteiger partial charge is 0.148 e. The number of benzene rings is 1. The van der Waals surface area contributed by atoms with Crippen molar-refractivity contribution in [2.75, 3.05) is 0 Å². The SMILES string of the molecule is NCc1c2c(nn1-c1ccccc1F)COC2. The molecule has 0 fully saturated rings. The highest BCUT2D eigenvalue weighted by atomic mass is 19.1. The third-order valence-corrected chi connectivity index (χ3v) is 2.93. The number of rotatable bonds is 2. The maximum atomic E-state index is 13.7. The number of fused-ring (bicyclic) bond motifs is 1. The Bertz CT molecular complexity index is 565. The molecule has 0 bridgehead atoms. The molecule has 0 unspecified atom stereocenters. The lowest BCUT2D eigenvalue weighted by Gasteiger charge is -2.08. The normalized spacial score (nSPS) is 14.0. The zero-order valence-electron chi connectivity index (χ0n) is 9.19. The first-order valence-electron chi connectivity index (χ1n) is 5.43. The van der Waals surface area contributed by atoms with E-state index in [4.69, 9.17) is 10.5 Å². The summed E-state index contributed by atoms with van der Waals surface area (Å²) in [7, 11) is 0. The van der Waals surface area contributed by atoms with Gasteiger partial charge >= 0.3 is 0 Å². The van der Waals surface area contributed by atoms with Crippen LogP contribution in [-0.2, 0) is 24.5 Å². The molecule has 17 heavy (non-hydrogen) atoms. The van der Waals surface area contributed by atoms with Crippen molar-refractivity contribution in [3.05, 3.63) is 47.0 Å². The number of halogens is 1. The largest absolute Gasteiger partial charge is 0.370 e. The van der Waals surface area contributed by atoms with Crippen LogP contribution in [0.15, 0.2) is 24.3 Å². The fraction of sp³-hybridized carbons (Fsp3) is 0.250. The Hall–Kier alpha value is -1.72. The molecule has 0 radical (unpaired) electrons. The van der Waals surface area contributed by atoms with Gasteiger partial charge in [0.15, 0.2) is 0 Å². The molecule has 3 rings (SSSR count). The van der Waals surface area contributed by atoms with Gasteiger partial charge in [-0.1, -0.05) is 12.1 Å². The van der Waals surface area contributed by atoms with Crippen LogP contribution in [0.4, 0.5) is 4.39 Å². The van der Waals surface area contributed by atoms with Gasteiger partial charge < -0.3 is 10.5 Å². The van der Waals surface area contributed by atoms with Crippen molar-refractivity contribution >= 4 is 0 Å². The van der Waals surface area contributed by atoms with E-state index in [0.29, 0.717) is 25.4 Å². The van der Waals surface area contributed by atoms with Gasteiger partial charge in [-0.05, 0) is 12.1 Å². The summed E-state index contributed by atoms with van der Waals surface area (Å²) in [5.74, 6) is -0.302. The van der Waals surface area contributed by atoms with Gasteiger partial charge in [0.1, 0.15) is 11.5 Å². The summed E-state index contributed by atoms with van der Waals surface area (Å²) < 4.78 is 20.6. The van der Waals surface area contributed by atoms with Crippen molar-refractivity contribution in [3.63, 3.8) is 0 Å². The summed E-state index contributed by atoms with van der Waals surface area (Å²) in [5.41, 5.74) is 8.82. The quantitative estimate of drug-likeness (QED) is 0.855. The molecule has 88 valence electrons. The summed E-state index contributed by atoms with van der Waals surface area (Å²) in [4.78, 5) is 0. The lowest BCUT2D eigenvalue weighted by atomic mass is 10.2. The van der Waals surface area contributed by atoms with E-state index in [1.54, 1.807) is 22.9 Å². The molecule has 1 aliphatic rings. The van der Waals surface area contributed by atoms with Crippen LogP contribution in [-0.4, -0.2) is 9.78 Å². The topological polar surface area (TPSA) is 53.1 Å². The Labute approximate surface area is 97.8 Å². The zero-order chi connectivity index (χ0) is 11.8. The monoisotopic (exact) mass is 233 g/mol. The average Bonchev–Trinajstić information content (AvgIpc) is 2.89. The second-order valence-corrected chi connectivity index (χ2v) is 3.93. The number of nitrogens with two attached hydrogens (primary N) is 1. The summed E-state index contributed by atoms with van der Waals surface area (Å²) in [6.45, 7) is 1.31. The highest BCUT2D eigenvalue weighted by Gasteiger charge is 2.23. The van der Waals surface area contributed by atoms with Crippen LogP contribution in [0.2, 0.25) is 0 Å². The van der Waals surface area contributed by atoms with E-state index in [1.165, 1.54) is 6.07 Å². The number of hydrogen-bond donors (Lipinski definition) is 1. The second-order valence-electron chi connectivity index (χ2n) is 3.93. The minimum absolute atomic E-state index is 0.302. The van der Waals surface area contributed by atoms with Crippen LogP contribution in [0.5, 0.6) is 0 Å². The van der Waals surface area contributed by atoms with Crippen LogP contribution in [0, 0.1) is 5.82 Å². The maximum Gasteiger partial charge on any atom is 0.148 e. The molecule has 0 aliphatic carbocycles. The Morgan fingerprint density at radius 3 is 2.94 bits per heavy atom. The lowest BCUT2D eigenvalue weighted by molar-refractivity contribution is 0.130. The molecule has 1 aromatic heterocycles. The second kappa shape index (κ2) is 3.94. The van der Waals surface area contributed by atoms with Gasteiger partial charge in [0.2, 0.25) is 0 Å². The molecule has 0 amide bonds. The maximum absolute atomic E-state index is 13.7. The minimum Gasteiger partial charge on any atom is -0.370 e. The lowest BCUT2D eigenvalue weighted by Crippen LogP contribution is -2.10. The number of ether oxygens (including phenoxy) is 1. The molecule has 0 saturated heterocycles. The molecule has 0 saturated carbocycles. The van der Waals surface area contributed by atoms with E-state index in [0.717, 1.165) is 17.0 Å². The molecule has 0 atom stereocenters. The number of aromatic nitrogens is 2. The third-order valence-electron chi connectivity index (χ3n) is 2.93. The first-order chi connectivity index (χ1) is 8.31. The highest BCUT2D eigenvalue weighted by Crippen LogP contribution is 2.25. The molecule has 2 aromatic rings. The Morgan fingerprint density at radius 2 is 2.18 bits per heavy atom. The fourth-order valence-electron chi connectivity index (χ4n) is 2.10. The predicted molar refractivity (Wildman–Crippen MR) is 59.9 cm³/mol. The molecular formula is C12H12FN3O. The van der Waals surface area contributed by atoms with E-state index in [2.05, 4.69) is 5.10 Å². The van der Waals surface area contributed by atoms with E-state index < -0.39 is 0 Å². The van der Waals surface area contributed by atoms with Crippen molar-refractivity contribution < 1.29 is 9.13 Å². The average molecular weight is 233 g/mol. The van der Waals surface area contributed by atoms with Crippen LogP contribution in [0.1, 0.15) is 17.0 Å². The highest BCUT2D eigenvalue weighted by molar-refractivity contribution is 5.39. The summed E-state index contributed by atoms with van der Waals surface area (Å²) >= 11 is 0. The zero-order valence-corrected chi connectivity index (χ0v) is 9.19. The Morgan fingerprint density at radius 1 is 1.35 bits per heavy atom. The van der Waals surface area contributed by atoms with Gasteiger partial charge in [0.05, 0.1) is 24.6 Å². The summed E-state index contributed by atoms with van der Waals surface area (Å²) in [6.07, 6.45) is 0.